The number of ether oxygens (including phenoxy) is 1. The van der Waals surface area contributed by atoms with E-state index in [0.29, 0.717) is 36.1 Å². The second-order valence-corrected chi connectivity index (χ2v) is 8.01. The average Bonchev–Trinajstić information content (AvgIpc) is 3.09. The van der Waals surface area contributed by atoms with Crippen molar-refractivity contribution in [2.24, 2.45) is 0 Å². The zero-order valence-electron chi connectivity index (χ0n) is 15.8. The molecule has 2 aromatic carbocycles. The Labute approximate surface area is 180 Å². The molecular weight excluding hydrogens is 404 g/mol. The molecule has 29 heavy (non-hydrogen) atoms. The van der Waals surface area contributed by atoms with Gasteiger partial charge in [-0.05, 0) is 24.3 Å². The predicted molar refractivity (Wildman–Crippen MR) is 120 cm³/mol. The molecule has 1 aliphatic rings. The summed E-state index contributed by atoms with van der Waals surface area (Å²) in [7, 11) is 0. The summed E-state index contributed by atoms with van der Waals surface area (Å²) in [5, 5.41) is 3.00. The van der Waals surface area contributed by atoms with E-state index in [1.165, 1.54) is 0 Å². The van der Waals surface area contributed by atoms with Crippen LogP contribution in [0.25, 0.3) is 11.0 Å². The normalized spacial score (nSPS) is 16.7. The van der Waals surface area contributed by atoms with Crippen molar-refractivity contribution in [3.8, 4) is 0 Å². The number of thiocarbonyl (C=S) groups is 1. The number of hydrogen-bond donors (Lipinski definition) is 2. The van der Waals surface area contributed by atoms with Crippen LogP contribution in [0.15, 0.2) is 54.6 Å². The molecule has 0 radical (unpaired) electrons. The van der Waals surface area contributed by atoms with Crippen LogP contribution in [0.5, 0.6) is 0 Å². The molecular formula is C21H22N4O2S2. The minimum absolute atomic E-state index is 0.0331. The Morgan fingerprint density at radius 1 is 1.21 bits per heavy atom. The molecule has 0 spiro atoms. The number of amides is 1. The Morgan fingerprint density at radius 3 is 2.76 bits per heavy atom. The van der Waals surface area contributed by atoms with E-state index in [1.807, 2.05) is 51.9 Å². The summed E-state index contributed by atoms with van der Waals surface area (Å²) in [6.45, 7) is 2.38. The number of nitrogens with one attached hydrogen (secondary N) is 1. The molecule has 0 bridgehead atoms. The molecule has 0 saturated carbocycles. The first kappa shape index (κ1) is 19.9. The highest BCUT2D eigenvalue weighted by atomic mass is 32.1. The number of morpholine rings is 1. The molecule has 1 aliphatic heterocycles. The van der Waals surface area contributed by atoms with Crippen molar-refractivity contribution < 1.29 is 9.53 Å². The Morgan fingerprint density at radius 2 is 1.97 bits per heavy atom. The molecule has 6 nitrogen and oxygen atoms in total. The van der Waals surface area contributed by atoms with Crippen molar-refractivity contribution in [3.63, 3.8) is 0 Å². The maximum atomic E-state index is 12.5. The smallest absolute Gasteiger partial charge is 0.252 e. The molecule has 1 amide bonds. The molecule has 4 rings (SSSR count). The van der Waals surface area contributed by atoms with Gasteiger partial charge in [0.1, 0.15) is 10.1 Å². The van der Waals surface area contributed by atoms with Gasteiger partial charge in [0, 0.05) is 25.1 Å². The maximum absolute atomic E-state index is 12.5. The summed E-state index contributed by atoms with van der Waals surface area (Å²) < 4.78 is 8.56. The summed E-state index contributed by atoms with van der Waals surface area (Å²) in [5.41, 5.74) is 2.51. The van der Waals surface area contributed by atoms with Gasteiger partial charge >= 0.3 is 0 Å². The second kappa shape index (κ2) is 8.94. The van der Waals surface area contributed by atoms with Gasteiger partial charge in [-0.3, -0.25) is 4.79 Å². The lowest BCUT2D eigenvalue weighted by molar-refractivity contribution is -0.00445. The molecule has 1 atom stereocenters. The van der Waals surface area contributed by atoms with Crippen LogP contribution < -0.4 is 5.32 Å². The molecule has 150 valence electrons. The number of aromatic nitrogens is 2. The van der Waals surface area contributed by atoms with Gasteiger partial charge in [-0.25, -0.2) is 4.98 Å². The number of carbonyl (C=O) groups excluding carboxylic acids is 1. The Hall–Kier alpha value is -2.42. The molecule has 3 aromatic rings. The van der Waals surface area contributed by atoms with E-state index in [1.54, 1.807) is 12.1 Å². The first-order valence-electron chi connectivity index (χ1n) is 9.48. The summed E-state index contributed by atoms with van der Waals surface area (Å²) in [6.07, 6.45) is 0.595. The van der Waals surface area contributed by atoms with Crippen LogP contribution in [0.2, 0.25) is 0 Å². The van der Waals surface area contributed by atoms with Crippen LogP contribution in [0, 0.1) is 0 Å². The standard InChI is InChI=1S/C21H22N4O2S2/c26-20(15-6-2-1-3-7-15)22-14-25-18-9-5-4-8-17(18)23-19(25)12-16-13-24(21(28)29)10-11-27-16/h1-9,16H,10-14H2,(H,22,26)(H,28,29). The minimum Gasteiger partial charge on any atom is -0.374 e. The number of thiol groups is 1. The Balaban J connectivity index is 1.54. The molecule has 2 heterocycles. The van der Waals surface area contributed by atoms with Crippen LogP contribution in [-0.4, -0.2) is 50.5 Å². The monoisotopic (exact) mass is 426 g/mol. The quantitative estimate of drug-likeness (QED) is 0.485. The molecule has 1 saturated heterocycles. The topological polar surface area (TPSA) is 59.4 Å². The number of hydrogen-bond acceptors (Lipinski definition) is 4. The van der Waals surface area contributed by atoms with E-state index in [2.05, 4.69) is 17.9 Å². The highest BCUT2D eigenvalue weighted by Crippen LogP contribution is 2.19. The van der Waals surface area contributed by atoms with Gasteiger partial charge in [0.05, 0.1) is 30.4 Å². The van der Waals surface area contributed by atoms with E-state index in [9.17, 15) is 4.79 Å². The number of benzene rings is 2. The van der Waals surface area contributed by atoms with Crippen molar-refractivity contribution in [2.75, 3.05) is 19.7 Å². The number of carbonyl (C=O) groups is 1. The molecule has 8 heteroatoms. The number of rotatable bonds is 5. The van der Waals surface area contributed by atoms with E-state index in [4.69, 9.17) is 21.9 Å². The number of imidazole rings is 1. The van der Waals surface area contributed by atoms with Crippen molar-refractivity contribution in [3.05, 3.63) is 66.0 Å². The van der Waals surface area contributed by atoms with E-state index < -0.39 is 0 Å². The highest BCUT2D eigenvalue weighted by molar-refractivity contribution is 8.10. The zero-order valence-corrected chi connectivity index (χ0v) is 17.5. The highest BCUT2D eigenvalue weighted by Gasteiger charge is 2.24. The van der Waals surface area contributed by atoms with Gasteiger partial charge < -0.3 is 19.5 Å². The first-order valence-corrected chi connectivity index (χ1v) is 10.3. The van der Waals surface area contributed by atoms with Gasteiger partial charge in [-0.1, -0.05) is 42.5 Å². The summed E-state index contributed by atoms with van der Waals surface area (Å²) in [5.74, 6) is 0.756. The number of fused-ring (bicyclic) bond motifs is 1. The SMILES string of the molecule is O=C(NCn1c(CC2CN(C(=S)S)CCO2)nc2ccccc21)c1ccccc1. The lowest BCUT2D eigenvalue weighted by atomic mass is 10.2. The number of para-hydroxylation sites is 2. The third-order valence-electron chi connectivity index (χ3n) is 4.99. The fraction of sp³-hybridized carbons (Fsp3) is 0.286. The van der Waals surface area contributed by atoms with Crippen LogP contribution in [0.4, 0.5) is 0 Å². The molecule has 0 aliphatic carbocycles. The van der Waals surface area contributed by atoms with Crippen LogP contribution in [-0.2, 0) is 17.8 Å². The van der Waals surface area contributed by atoms with Gasteiger partial charge in [-0.15, -0.1) is 12.6 Å². The largest absolute Gasteiger partial charge is 0.374 e. The van der Waals surface area contributed by atoms with E-state index in [0.717, 1.165) is 23.4 Å². The van der Waals surface area contributed by atoms with E-state index in [-0.39, 0.29) is 12.0 Å². The summed E-state index contributed by atoms with van der Waals surface area (Å²) in [4.78, 5) is 19.3. The average molecular weight is 427 g/mol. The van der Waals surface area contributed by atoms with Gasteiger partial charge in [-0.2, -0.15) is 0 Å². The van der Waals surface area contributed by atoms with Crippen LogP contribution >= 0.6 is 24.8 Å². The van der Waals surface area contributed by atoms with Gasteiger partial charge in [0.25, 0.3) is 5.91 Å². The van der Waals surface area contributed by atoms with Gasteiger partial charge in [0.15, 0.2) is 0 Å². The molecule has 1 aromatic heterocycles. The minimum atomic E-state index is -0.116. The van der Waals surface area contributed by atoms with Crippen molar-refractivity contribution in [1.82, 2.24) is 19.8 Å². The van der Waals surface area contributed by atoms with Crippen LogP contribution in [0.3, 0.4) is 0 Å². The molecule has 1 N–H and O–H groups in total. The Bertz CT molecular complexity index is 1020. The predicted octanol–water partition coefficient (Wildman–Crippen LogP) is 2.88. The summed E-state index contributed by atoms with van der Waals surface area (Å²) >= 11 is 9.49. The zero-order chi connectivity index (χ0) is 20.2. The lowest BCUT2D eigenvalue weighted by Crippen LogP contribution is -2.44. The van der Waals surface area contributed by atoms with Crippen LogP contribution in [0.1, 0.15) is 16.2 Å². The molecule has 1 unspecified atom stereocenters. The lowest BCUT2D eigenvalue weighted by Gasteiger charge is -2.33. The van der Waals surface area contributed by atoms with Crippen molar-refractivity contribution in [1.29, 1.82) is 0 Å². The summed E-state index contributed by atoms with van der Waals surface area (Å²) in [6, 6.07) is 17.1. The van der Waals surface area contributed by atoms with Crippen molar-refractivity contribution >= 4 is 46.1 Å². The third-order valence-corrected chi connectivity index (χ3v) is 5.53. The molecule has 1 fully saturated rings. The van der Waals surface area contributed by atoms with Gasteiger partial charge in [0.2, 0.25) is 0 Å². The maximum Gasteiger partial charge on any atom is 0.252 e. The van der Waals surface area contributed by atoms with E-state index >= 15 is 0 Å². The number of nitrogens with zero attached hydrogens (tertiary/aromatic N) is 3. The van der Waals surface area contributed by atoms with Crippen molar-refractivity contribution in [2.45, 2.75) is 19.2 Å². The first-order chi connectivity index (χ1) is 14.1. The Kier molecular flexibility index (Phi) is 6.13. The second-order valence-electron chi connectivity index (χ2n) is 6.90. The fourth-order valence-corrected chi connectivity index (χ4v) is 3.87. The fourth-order valence-electron chi connectivity index (χ4n) is 3.52. The third kappa shape index (κ3) is 4.60.